The molecule has 0 aliphatic heterocycles. The molecule has 0 radical (unpaired) electrons. The Hall–Kier alpha value is -1.24. The van der Waals surface area contributed by atoms with Gasteiger partial charge in [0.05, 0.1) is 11.7 Å². The molecule has 0 fully saturated rings. The SMILES string of the molecule is S=C=NCCC=Cc1ccccc1. The van der Waals surface area contributed by atoms with Crippen LogP contribution in [0.4, 0.5) is 0 Å². The van der Waals surface area contributed by atoms with Crippen LogP contribution in [0.15, 0.2) is 41.4 Å². The lowest BCUT2D eigenvalue weighted by Crippen LogP contribution is -1.74. The second-order valence-corrected chi connectivity index (χ2v) is 2.76. The zero-order chi connectivity index (χ0) is 9.36. The highest BCUT2D eigenvalue weighted by Crippen LogP contribution is 2.01. The predicted molar refractivity (Wildman–Crippen MR) is 60.0 cm³/mol. The highest BCUT2D eigenvalue weighted by molar-refractivity contribution is 7.78. The van der Waals surface area contributed by atoms with E-state index < -0.39 is 0 Å². The molecule has 0 saturated carbocycles. The molecule has 0 unspecified atom stereocenters. The molecule has 1 nitrogen and oxygen atoms in total. The predicted octanol–water partition coefficient (Wildman–Crippen LogP) is 3.19. The van der Waals surface area contributed by atoms with E-state index in [4.69, 9.17) is 0 Å². The Labute approximate surface area is 83.8 Å². The molecule has 0 heterocycles. The van der Waals surface area contributed by atoms with Crippen molar-refractivity contribution in [1.29, 1.82) is 0 Å². The van der Waals surface area contributed by atoms with Gasteiger partial charge in [0.25, 0.3) is 0 Å². The first-order valence-electron chi connectivity index (χ1n) is 4.18. The van der Waals surface area contributed by atoms with Gasteiger partial charge >= 0.3 is 0 Å². The summed E-state index contributed by atoms with van der Waals surface area (Å²) in [7, 11) is 0. The quantitative estimate of drug-likeness (QED) is 0.402. The normalized spacial score (nSPS) is 9.85. The van der Waals surface area contributed by atoms with E-state index in [1.165, 1.54) is 5.56 Å². The summed E-state index contributed by atoms with van der Waals surface area (Å²) in [5, 5.41) is 2.34. The van der Waals surface area contributed by atoms with Crippen molar-refractivity contribution in [2.45, 2.75) is 6.42 Å². The first kappa shape index (κ1) is 9.85. The molecule has 0 aromatic heterocycles. The Morgan fingerprint density at radius 2 is 2.08 bits per heavy atom. The smallest absolute Gasteiger partial charge is 0.0585 e. The van der Waals surface area contributed by atoms with Crippen molar-refractivity contribution in [3.63, 3.8) is 0 Å². The van der Waals surface area contributed by atoms with Crippen molar-refractivity contribution < 1.29 is 0 Å². The van der Waals surface area contributed by atoms with E-state index in [0.29, 0.717) is 0 Å². The fourth-order valence-electron chi connectivity index (χ4n) is 0.968. The van der Waals surface area contributed by atoms with E-state index in [9.17, 15) is 0 Å². The van der Waals surface area contributed by atoms with Crippen LogP contribution >= 0.6 is 12.2 Å². The lowest BCUT2D eigenvalue weighted by Gasteiger charge is -1.89. The number of isothiocyanates is 1. The summed E-state index contributed by atoms with van der Waals surface area (Å²) in [6.07, 6.45) is 5.09. The number of nitrogens with zero attached hydrogens (tertiary/aromatic N) is 1. The van der Waals surface area contributed by atoms with Crippen molar-refractivity contribution in [1.82, 2.24) is 0 Å². The first-order valence-corrected chi connectivity index (χ1v) is 4.59. The third-order valence-electron chi connectivity index (χ3n) is 1.58. The minimum Gasteiger partial charge on any atom is -0.232 e. The van der Waals surface area contributed by atoms with Crippen molar-refractivity contribution in [3.05, 3.63) is 42.0 Å². The zero-order valence-corrected chi connectivity index (χ0v) is 8.13. The zero-order valence-electron chi connectivity index (χ0n) is 7.31. The largest absolute Gasteiger partial charge is 0.232 e. The Morgan fingerprint density at radius 3 is 2.77 bits per heavy atom. The van der Waals surface area contributed by atoms with Crippen molar-refractivity contribution in [3.8, 4) is 0 Å². The van der Waals surface area contributed by atoms with Crippen LogP contribution in [0.2, 0.25) is 0 Å². The second-order valence-electron chi connectivity index (χ2n) is 2.57. The standard InChI is InChI=1S/C11H11NS/c13-10-12-9-5-4-8-11-6-2-1-3-7-11/h1-4,6-8H,5,9H2. The summed E-state index contributed by atoms with van der Waals surface area (Å²) in [5.74, 6) is 0. The fraction of sp³-hybridized carbons (Fsp3) is 0.182. The lowest BCUT2D eigenvalue weighted by molar-refractivity contribution is 1.02. The molecule has 1 aromatic rings. The molecular formula is C11H11NS. The van der Waals surface area contributed by atoms with E-state index in [1.54, 1.807) is 0 Å². The molecule has 0 bridgehead atoms. The highest BCUT2D eigenvalue weighted by Gasteiger charge is 1.81. The van der Waals surface area contributed by atoms with Crippen LogP contribution in [0.25, 0.3) is 6.08 Å². The van der Waals surface area contributed by atoms with Gasteiger partial charge in [-0.2, -0.15) is 0 Å². The van der Waals surface area contributed by atoms with Gasteiger partial charge in [0.15, 0.2) is 0 Å². The van der Waals surface area contributed by atoms with Crippen LogP contribution < -0.4 is 0 Å². The van der Waals surface area contributed by atoms with Crippen LogP contribution in [0.3, 0.4) is 0 Å². The number of aliphatic imine (C=N–C) groups is 1. The molecule has 13 heavy (non-hydrogen) atoms. The lowest BCUT2D eigenvalue weighted by atomic mass is 10.2. The van der Waals surface area contributed by atoms with Crippen LogP contribution in [-0.4, -0.2) is 11.7 Å². The number of thiocarbonyl (C=S) groups is 1. The number of benzene rings is 1. The van der Waals surface area contributed by atoms with E-state index in [1.807, 2.05) is 18.2 Å². The minimum atomic E-state index is 0.729. The fourth-order valence-corrected chi connectivity index (χ4v) is 1.06. The summed E-state index contributed by atoms with van der Waals surface area (Å²) in [6, 6.07) is 10.2. The number of hydrogen-bond donors (Lipinski definition) is 0. The monoisotopic (exact) mass is 189 g/mol. The molecule has 0 N–H and O–H groups in total. The van der Waals surface area contributed by atoms with E-state index in [-0.39, 0.29) is 0 Å². The third-order valence-corrected chi connectivity index (χ3v) is 1.71. The van der Waals surface area contributed by atoms with Gasteiger partial charge in [-0.3, -0.25) is 0 Å². The molecule has 1 aromatic carbocycles. The van der Waals surface area contributed by atoms with Crippen LogP contribution in [0, 0.1) is 0 Å². The molecule has 0 saturated heterocycles. The Kier molecular flexibility index (Phi) is 4.77. The molecule has 2 heteroatoms. The molecule has 0 spiro atoms. The van der Waals surface area contributed by atoms with Crippen LogP contribution in [0.1, 0.15) is 12.0 Å². The van der Waals surface area contributed by atoms with Gasteiger partial charge in [-0.05, 0) is 24.2 Å². The number of rotatable bonds is 4. The van der Waals surface area contributed by atoms with Gasteiger partial charge in [-0.1, -0.05) is 42.5 Å². The Bertz CT molecular complexity index is 310. The maximum absolute atomic E-state index is 4.45. The summed E-state index contributed by atoms with van der Waals surface area (Å²) in [6.45, 7) is 0.729. The van der Waals surface area contributed by atoms with Gasteiger partial charge in [-0.15, -0.1) is 0 Å². The van der Waals surface area contributed by atoms with Crippen molar-refractivity contribution in [2.75, 3.05) is 6.54 Å². The maximum Gasteiger partial charge on any atom is 0.0585 e. The summed E-state index contributed by atoms with van der Waals surface area (Å²) >= 11 is 4.45. The summed E-state index contributed by atoms with van der Waals surface area (Å²) in [5.41, 5.74) is 1.22. The van der Waals surface area contributed by atoms with Gasteiger partial charge in [0.2, 0.25) is 0 Å². The van der Waals surface area contributed by atoms with Gasteiger partial charge < -0.3 is 0 Å². The minimum absolute atomic E-state index is 0.729. The first-order chi connectivity index (χ1) is 6.43. The van der Waals surface area contributed by atoms with Crippen LogP contribution in [-0.2, 0) is 0 Å². The van der Waals surface area contributed by atoms with Crippen LogP contribution in [0.5, 0.6) is 0 Å². The van der Waals surface area contributed by atoms with Gasteiger partial charge in [-0.25, -0.2) is 4.99 Å². The molecular weight excluding hydrogens is 178 g/mol. The second kappa shape index (κ2) is 6.30. The van der Waals surface area contributed by atoms with E-state index in [0.717, 1.165) is 13.0 Å². The average Bonchev–Trinajstić information content (AvgIpc) is 2.19. The molecule has 0 aliphatic rings. The molecule has 0 aliphatic carbocycles. The molecule has 0 atom stereocenters. The summed E-state index contributed by atoms with van der Waals surface area (Å²) in [4.78, 5) is 3.82. The van der Waals surface area contributed by atoms with Crippen molar-refractivity contribution in [2.24, 2.45) is 4.99 Å². The van der Waals surface area contributed by atoms with E-state index >= 15 is 0 Å². The van der Waals surface area contributed by atoms with Crippen molar-refractivity contribution >= 4 is 23.5 Å². The molecule has 0 amide bonds. The third kappa shape index (κ3) is 4.36. The molecule has 66 valence electrons. The van der Waals surface area contributed by atoms with Gasteiger partial charge in [0.1, 0.15) is 0 Å². The highest BCUT2D eigenvalue weighted by atomic mass is 32.1. The van der Waals surface area contributed by atoms with E-state index in [2.05, 4.69) is 46.7 Å². The van der Waals surface area contributed by atoms with Gasteiger partial charge in [0, 0.05) is 0 Å². The number of hydrogen-bond acceptors (Lipinski definition) is 2. The summed E-state index contributed by atoms with van der Waals surface area (Å²) < 4.78 is 0. The topological polar surface area (TPSA) is 12.4 Å². The Balaban J connectivity index is 2.36. The maximum atomic E-state index is 4.45. The Morgan fingerprint density at radius 1 is 1.31 bits per heavy atom. The molecule has 1 rings (SSSR count). The average molecular weight is 189 g/mol.